The number of methoxy groups -OCH3 is 2. The average molecular weight is 210 g/mol. The molecule has 0 saturated heterocycles. The fourth-order valence-corrected chi connectivity index (χ4v) is 1.42. The number of aryl methyl sites for hydroxylation is 1. The van der Waals surface area contributed by atoms with Crippen LogP contribution in [0.3, 0.4) is 0 Å². The maximum absolute atomic E-state index is 10.9. The van der Waals surface area contributed by atoms with Gasteiger partial charge in [-0.25, -0.2) is 4.79 Å². The lowest BCUT2D eigenvalue weighted by molar-refractivity contribution is -0.149. The summed E-state index contributed by atoms with van der Waals surface area (Å²) in [4.78, 5) is 10.9. The third-order valence-corrected chi connectivity index (χ3v) is 2.13. The van der Waals surface area contributed by atoms with Crippen molar-refractivity contribution in [3.8, 4) is 5.75 Å². The second kappa shape index (κ2) is 4.79. The fraction of sp³-hybridized carbons (Fsp3) is 0.364. The van der Waals surface area contributed by atoms with Gasteiger partial charge in [-0.15, -0.1) is 0 Å². The summed E-state index contributed by atoms with van der Waals surface area (Å²) >= 11 is 0. The number of hydrogen-bond donors (Lipinski definition) is 1. The van der Waals surface area contributed by atoms with E-state index in [0.717, 1.165) is 5.56 Å². The molecule has 1 aromatic carbocycles. The van der Waals surface area contributed by atoms with Gasteiger partial charge in [0.05, 0.1) is 7.11 Å². The molecule has 0 radical (unpaired) electrons. The maximum atomic E-state index is 10.9. The zero-order valence-electron chi connectivity index (χ0n) is 8.98. The molecule has 0 aromatic heterocycles. The smallest absolute Gasteiger partial charge is 0.337 e. The van der Waals surface area contributed by atoms with Gasteiger partial charge in [0.15, 0.2) is 6.10 Å². The van der Waals surface area contributed by atoms with Crippen molar-refractivity contribution in [1.82, 2.24) is 0 Å². The molecule has 0 heterocycles. The first-order chi connectivity index (χ1) is 7.10. The molecule has 1 atom stereocenters. The largest absolute Gasteiger partial charge is 0.496 e. The van der Waals surface area contributed by atoms with Crippen molar-refractivity contribution in [3.63, 3.8) is 0 Å². The van der Waals surface area contributed by atoms with Crippen molar-refractivity contribution in [2.75, 3.05) is 14.2 Å². The Morgan fingerprint density at radius 3 is 2.53 bits per heavy atom. The predicted molar refractivity (Wildman–Crippen MR) is 55.1 cm³/mol. The summed E-state index contributed by atoms with van der Waals surface area (Å²) in [6.45, 7) is 1.89. The van der Waals surface area contributed by atoms with Gasteiger partial charge in [-0.1, -0.05) is 11.6 Å². The average Bonchev–Trinajstić information content (AvgIpc) is 2.18. The molecule has 0 bridgehead atoms. The summed E-state index contributed by atoms with van der Waals surface area (Å²) in [5.74, 6) is -0.503. The number of carboxylic acid groups (broad SMARTS) is 1. The van der Waals surface area contributed by atoms with Crippen LogP contribution in [0.25, 0.3) is 0 Å². The van der Waals surface area contributed by atoms with E-state index >= 15 is 0 Å². The van der Waals surface area contributed by atoms with Crippen LogP contribution in [0.1, 0.15) is 17.2 Å². The van der Waals surface area contributed by atoms with Crippen LogP contribution in [-0.4, -0.2) is 25.3 Å². The second-order valence-corrected chi connectivity index (χ2v) is 3.20. The van der Waals surface area contributed by atoms with E-state index in [0.29, 0.717) is 11.3 Å². The molecule has 1 N–H and O–H groups in total. The molecule has 0 aliphatic heterocycles. The molecular weight excluding hydrogens is 196 g/mol. The second-order valence-electron chi connectivity index (χ2n) is 3.20. The van der Waals surface area contributed by atoms with Crippen LogP contribution in [0.4, 0.5) is 0 Å². The molecule has 4 heteroatoms. The van der Waals surface area contributed by atoms with Crippen LogP contribution in [0.5, 0.6) is 5.75 Å². The van der Waals surface area contributed by atoms with E-state index in [4.69, 9.17) is 14.6 Å². The van der Waals surface area contributed by atoms with Crippen LogP contribution in [0.15, 0.2) is 18.2 Å². The minimum atomic E-state index is -1.03. The highest BCUT2D eigenvalue weighted by atomic mass is 16.5. The van der Waals surface area contributed by atoms with Crippen molar-refractivity contribution in [2.24, 2.45) is 0 Å². The molecule has 0 amide bonds. The molecule has 0 saturated carbocycles. The Morgan fingerprint density at radius 2 is 2.07 bits per heavy atom. The molecule has 4 nitrogen and oxygen atoms in total. The van der Waals surface area contributed by atoms with Crippen LogP contribution in [0.2, 0.25) is 0 Å². The van der Waals surface area contributed by atoms with Crippen molar-refractivity contribution in [3.05, 3.63) is 29.3 Å². The van der Waals surface area contributed by atoms with Gasteiger partial charge in [0, 0.05) is 12.7 Å². The summed E-state index contributed by atoms with van der Waals surface area (Å²) in [6.07, 6.45) is -0.986. The fourth-order valence-electron chi connectivity index (χ4n) is 1.42. The van der Waals surface area contributed by atoms with E-state index in [-0.39, 0.29) is 0 Å². The highest BCUT2D eigenvalue weighted by molar-refractivity contribution is 5.75. The van der Waals surface area contributed by atoms with Crippen LogP contribution >= 0.6 is 0 Å². The van der Waals surface area contributed by atoms with E-state index < -0.39 is 12.1 Å². The number of ether oxygens (including phenoxy) is 2. The first kappa shape index (κ1) is 11.5. The van der Waals surface area contributed by atoms with Crippen molar-refractivity contribution in [1.29, 1.82) is 0 Å². The van der Waals surface area contributed by atoms with Crippen LogP contribution in [0, 0.1) is 6.92 Å². The van der Waals surface area contributed by atoms with Gasteiger partial charge in [-0.3, -0.25) is 0 Å². The molecule has 0 aliphatic carbocycles. The van der Waals surface area contributed by atoms with Crippen LogP contribution in [-0.2, 0) is 9.53 Å². The van der Waals surface area contributed by atoms with E-state index in [1.807, 2.05) is 13.0 Å². The Hall–Kier alpha value is -1.55. The van der Waals surface area contributed by atoms with E-state index in [1.165, 1.54) is 14.2 Å². The lowest BCUT2D eigenvalue weighted by Gasteiger charge is -2.15. The quantitative estimate of drug-likeness (QED) is 0.822. The predicted octanol–water partition coefficient (Wildman–Crippen LogP) is 1.78. The van der Waals surface area contributed by atoms with Gasteiger partial charge in [-0.2, -0.15) is 0 Å². The SMILES string of the molecule is COc1ccc(C)cc1C(OC)C(=O)O. The normalized spacial score (nSPS) is 12.2. The lowest BCUT2D eigenvalue weighted by Crippen LogP contribution is -2.14. The Morgan fingerprint density at radius 1 is 1.40 bits per heavy atom. The summed E-state index contributed by atoms with van der Waals surface area (Å²) in [5, 5.41) is 8.96. The Bertz CT molecular complexity index is 360. The Balaban J connectivity index is 3.19. The zero-order valence-corrected chi connectivity index (χ0v) is 8.98. The molecule has 15 heavy (non-hydrogen) atoms. The number of hydrogen-bond acceptors (Lipinski definition) is 3. The summed E-state index contributed by atoms with van der Waals surface area (Å²) in [6, 6.07) is 5.34. The highest BCUT2D eigenvalue weighted by Gasteiger charge is 2.22. The minimum Gasteiger partial charge on any atom is -0.496 e. The van der Waals surface area contributed by atoms with E-state index in [2.05, 4.69) is 0 Å². The summed E-state index contributed by atoms with van der Waals surface area (Å²) < 4.78 is 10.0. The maximum Gasteiger partial charge on any atom is 0.337 e. The van der Waals surface area contributed by atoms with Gasteiger partial charge < -0.3 is 14.6 Å². The first-order valence-corrected chi connectivity index (χ1v) is 4.50. The van der Waals surface area contributed by atoms with Gasteiger partial charge >= 0.3 is 5.97 Å². The Labute approximate surface area is 88.4 Å². The molecule has 1 rings (SSSR count). The van der Waals surface area contributed by atoms with Crippen LogP contribution < -0.4 is 4.74 Å². The van der Waals surface area contributed by atoms with Crippen molar-refractivity contribution >= 4 is 5.97 Å². The first-order valence-electron chi connectivity index (χ1n) is 4.50. The van der Waals surface area contributed by atoms with E-state index in [9.17, 15) is 4.79 Å². The van der Waals surface area contributed by atoms with Gasteiger partial charge in [-0.05, 0) is 19.1 Å². The zero-order chi connectivity index (χ0) is 11.4. The third kappa shape index (κ3) is 2.47. The molecular formula is C11H14O4. The molecule has 82 valence electrons. The molecule has 1 aromatic rings. The van der Waals surface area contributed by atoms with Gasteiger partial charge in [0.2, 0.25) is 0 Å². The number of rotatable bonds is 4. The number of carbonyl (C=O) groups is 1. The third-order valence-electron chi connectivity index (χ3n) is 2.13. The molecule has 1 unspecified atom stereocenters. The Kier molecular flexibility index (Phi) is 3.68. The van der Waals surface area contributed by atoms with E-state index in [1.54, 1.807) is 12.1 Å². The van der Waals surface area contributed by atoms with Gasteiger partial charge in [0.25, 0.3) is 0 Å². The molecule has 0 fully saturated rings. The number of carboxylic acids is 1. The standard InChI is InChI=1S/C11H14O4/c1-7-4-5-9(14-2)8(6-7)10(15-3)11(12)13/h4-6,10H,1-3H3,(H,12,13). The topological polar surface area (TPSA) is 55.8 Å². The lowest BCUT2D eigenvalue weighted by atomic mass is 10.1. The number of benzene rings is 1. The summed E-state index contributed by atoms with van der Waals surface area (Å²) in [5.41, 5.74) is 1.50. The van der Waals surface area contributed by atoms with Crippen molar-refractivity contribution in [2.45, 2.75) is 13.0 Å². The monoisotopic (exact) mass is 210 g/mol. The minimum absolute atomic E-state index is 0.523. The summed E-state index contributed by atoms with van der Waals surface area (Å²) in [7, 11) is 2.86. The highest BCUT2D eigenvalue weighted by Crippen LogP contribution is 2.28. The molecule has 0 aliphatic rings. The van der Waals surface area contributed by atoms with Gasteiger partial charge in [0.1, 0.15) is 5.75 Å². The number of aliphatic carboxylic acids is 1. The molecule has 0 spiro atoms. The van der Waals surface area contributed by atoms with Crippen molar-refractivity contribution < 1.29 is 19.4 Å².